The molecular formula is C13H15ClN4O. The summed E-state index contributed by atoms with van der Waals surface area (Å²) in [4.78, 5) is 20.4. The van der Waals surface area contributed by atoms with Crippen LogP contribution < -0.4 is 5.32 Å². The van der Waals surface area contributed by atoms with E-state index in [1.807, 2.05) is 10.6 Å². The van der Waals surface area contributed by atoms with E-state index in [2.05, 4.69) is 29.1 Å². The molecule has 0 bridgehead atoms. The van der Waals surface area contributed by atoms with Gasteiger partial charge in [-0.3, -0.25) is 4.79 Å². The molecule has 19 heavy (non-hydrogen) atoms. The summed E-state index contributed by atoms with van der Waals surface area (Å²) in [7, 11) is 0. The number of carbonyl (C=O) groups is 1. The van der Waals surface area contributed by atoms with Crippen molar-refractivity contribution >= 4 is 28.5 Å². The van der Waals surface area contributed by atoms with E-state index in [1.54, 1.807) is 6.20 Å². The van der Waals surface area contributed by atoms with Gasteiger partial charge in [-0.05, 0) is 31.0 Å². The van der Waals surface area contributed by atoms with E-state index >= 15 is 0 Å². The van der Waals surface area contributed by atoms with Crippen LogP contribution in [-0.4, -0.2) is 26.5 Å². The number of amides is 1. The van der Waals surface area contributed by atoms with Crippen LogP contribution in [0.2, 0.25) is 5.28 Å². The fourth-order valence-corrected chi connectivity index (χ4v) is 2.87. The molecule has 1 amide bonds. The Morgan fingerprint density at radius 2 is 2.32 bits per heavy atom. The molecule has 0 aliphatic carbocycles. The van der Waals surface area contributed by atoms with Gasteiger partial charge in [0.15, 0.2) is 0 Å². The molecule has 5 nitrogen and oxygen atoms in total. The van der Waals surface area contributed by atoms with E-state index in [0.717, 1.165) is 23.9 Å². The van der Waals surface area contributed by atoms with Crippen molar-refractivity contribution in [3.8, 4) is 0 Å². The highest BCUT2D eigenvalue weighted by molar-refractivity contribution is 6.28. The van der Waals surface area contributed by atoms with Crippen molar-refractivity contribution in [1.82, 2.24) is 19.9 Å². The van der Waals surface area contributed by atoms with Gasteiger partial charge in [-0.1, -0.05) is 13.3 Å². The van der Waals surface area contributed by atoms with Crippen molar-refractivity contribution in [2.24, 2.45) is 0 Å². The van der Waals surface area contributed by atoms with Gasteiger partial charge in [0, 0.05) is 17.6 Å². The first-order valence-electron chi connectivity index (χ1n) is 6.46. The Bertz CT molecular complexity index is 651. The minimum atomic E-state index is -0.0503. The van der Waals surface area contributed by atoms with E-state index in [0.29, 0.717) is 5.69 Å². The molecule has 2 atom stereocenters. The number of rotatable bonds is 2. The average molecular weight is 279 g/mol. The number of nitrogens with one attached hydrogen (secondary N) is 1. The molecule has 100 valence electrons. The molecule has 0 radical (unpaired) electrons. The Labute approximate surface area is 116 Å². The van der Waals surface area contributed by atoms with Crippen LogP contribution in [0.15, 0.2) is 12.3 Å². The Balaban J connectivity index is 2.19. The third kappa shape index (κ3) is 1.89. The second-order valence-corrected chi connectivity index (χ2v) is 5.26. The molecule has 1 N–H and O–H groups in total. The maximum absolute atomic E-state index is 12.2. The fraction of sp³-hybridized carbons (Fsp3) is 0.462. The van der Waals surface area contributed by atoms with Crippen LogP contribution in [0.1, 0.15) is 43.2 Å². The zero-order chi connectivity index (χ0) is 13.6. The van der Waals surface area contributed by atoms with Crippen LogP contribution in [0.3, 0.4) is 0 Å². The lowest BCUT2D eigenvalue weighted by Gasteiger charge is -2.32. The normalized spacial score (nSPS) is 22.4. The molecule has 6 heteroatoms. The van der Waals surface area contributed by atoms with E-state index in [4.69, 9.17) is 11.6 Å². The number of hydrogen-bond acceptors (Lipinski definition) is 3. The van der Waals surface area contributed by atoms with Crippen LogP contribution in [0.5, 0.6) is 0 Å². The summed E-state index contributed by atoms with van der Waals surface area (Å²) >= 11 is 5.86. The zero-order valence-corrected chi connectivity index (χ0v) is 11.6. The van der Waals surface area contributed by atoms with Crippen molar-refractivity contribution in [3.05, 3.63) is 23.2 Å². The number of halogens is 1. The van der Waals surface area contributed by atoms with E-state index in [9.17, 15) is 4.79 Å². The monoisotopic (exact) mass is 278 g/mol. The highest BCUT2D eigenvalue weighted by atomic mass is 35.5. The molecule has 1 unspecified atom stereocenters. The first-order chi connectivity index (χ1) is 9.11. The summed E-state index contributed by atoms with van der Waals surface area (Å²) in [5.41, 5.74) is 1.37. The third-order valence-electron chi connectivity index (χ3n) is 3.68. The first-order valence-corrected chi connectivity index (χ1v) is 6.84. The number of fused-ring (bicyclic) bond motifs is 3. The van der Waals surface area contributed by atoms with Crippen molar-refractivity contribution in [3.63, 3.8) is 0 Å². The van der Waals surface area contributed by atoms with Gasteiger partial charge in [0.2, 0.25) is 5.28 Å². The molecule has 0 saturated heterocycles. The SMILES string of the molecule is CCC[C@@H]1NC(=O)c2cc3cnc(Cl)nc3n2C1C. The molecular weight excluding hydrogens is 264 g/mol. The average Bonchev–Trinajstić information content (AvgIpc) is 2.75. The molecule has 2 aromatic rings. The lowest BCUT2D eigenvalue weighted by molar-refractivity contribution is 0.0880. The van der Waals surface area contributed by atoms with E-state index in [-0.39, 0.29) is 23.3 Å². The minimum Gasteiger partial charge on any atom is -0.346 e. The maximum Gasteiger partial charge on any atom is 0.268 e. The van der Waals surface area contributed by atoms with Crippen LogP contribution in [-0.2, 0) is 0 Å². The van der Waals surface area contributed by atoms with Gasteiger partial charge in [0.25, 0.3) is 5.91 Å². The molecule has 0 saturated carbocycles. The molecule has 0 fully saturated rings. The van der Waals surface area contributed by atoms with E-state index < -0.39 is 0 Å². The maximum atomic E-state index is 12.2. The van der Waals surface area contributed by atoms with Gasteiger partial charge < -0.3 is 9.88 Å². The number of carbonyl (C=O) groups excluding carboxylic acids is 1. The van der Waals surface area contributed by atoms with Gasteiger partial charge in [-0.15, -0.1) is 0 Å². The van der Waals surface area contributed by atoms with Crippen LogP contribution >= 0.6 is 11.6 Å². The van der Waals surface area contributed by atoms with Crippen molar-refractivity contribution in [2.75, 3.05) is 0 Å². The Hall–Kier alpha value is -1.62. The third-order valence-corrected chi connectivity index (χ3v) is 3.87. The smallest absolute Gasteiger partial charge is 0.268 e. The predicted octanol–water partition coefficient (Wildman–Crippen LogP) is 2.56. The Morgan fingerprint density at radius 1 is 1.53 bits per heavy atom. The topological polar surface area (TPSA) is 59.8 Å². The molecule has 1 aliphatic heterocycles. The van der Waals surface area contributed by atoms with Gasteiger partial charge in [-0.2, -0.15) is 4.98 Å². The minimum absolute atomic E-state index is 0.0503. The van der Waals surface area contributed by atoms with Crippen LogP contribution in [0, 0.1) is 0 Å². The molecule has 0 spiro atoms. The molecule has 3 heterocycles. The van der Waals surface area contributed by atoms with Crippen LogP contribution in [0.25, 0.3) is 11.0 Å². The van der Waals surface area contributed by atoms with Crippen molar-refractivity contribution in [1.29, 1.82) is 0 Å². The summed E-state index contributed by atoms with van der Waals surface area (Å²) in [6, 6.07) is 2.12. The predicted molar refractivity (Wildman–Crippen MR) is 73.4 cm³/mol. The highest BCUT2D eigenvalue weighted by Gasteiger charge is 2.32. The summed E-state index contributed by atoms with van der Waals surface area (Å²) in [6.45, 7) is 4.21. The molecule has 3 rings (SSSR count). The molecule has 2 aromatic heterocycles. The van der Waals surface area contributed by atoms with Gasteiger partial charge in [-0.25, -0.2) is 4.98 Å². The van der Waals surface area contributed by atoms with Gasteiger partial charge in [0.1, 0.15) is 11.3 Å². The van der Waals surface area contributed by atoms with Gasteiger partial charge >= 0.3 is 0 Å². The van der Waals surface area contributed by atoms with Crippen LogP contribution in [0.4, 0.5) is 0 Å². The number of nitrogens with zero attached hydrogens (tertiary/aromatic N) is 3. The molecule has 1 aliphatic rings. The second-order valence-electron chi connectivity index (χ2n) is 4.93. The standard InChI is InChI=1S/C13H15ClN4O/c1-3-4-9-7(2)18-10(12(19)16-9)5-8-6-15-13(14)17-11(8)18/h5-7,9H,3-4H2,1-2H3,(H,16,19)/t7?,9-/m0/s1. The second kappa shape index (κ2) is 4.49. The highest BCUT2D eigenvalue weighted by Crippen LogP contribution is 2.29. The number of aromatic nitrogens is 3. The summed E-state index contributed by atoms with van der Waals surface area (Å²) in [5, 5.41) is 4.11. The van der Waals surface area contributed by atoms with Crippen molar-refractivity contribution < 1.29 is 4.79 Å². The number of hydrogen-bond donors (Lipinski definition) is 1. The molecule has 0 aromatic carbocycles. The summed E-state index contributed by atoms with van der Waals surface area (Å²) in [6.07, 6.45) is 3.63. The lowest BCUT2D eigenvalue weighted by Crippen LogP contribution is -2.46. The Kier molecular flexibility index (Phi) is 2.93. The quantitative estimate of drug-likeness (QED) is 0.859. The summed E-state index contributed by atoms with van der Waals surface area (Å²) in [5.74, 6) is -0.0503. The van der Waals surface area contributed by atoms with Gasteiger partial charge in [0.05, 0.1) is 6.04 Å². The largest absolute Gasteiger partial charge is 0.346 e. The van der Waals surface area contributed by atoms with Crippen molar-refractivity contribution in [2.45, 2.75) is 38.8 Å². The zero-order valence-electron chi connectivity index (χ0n) is 10.9. The Morgan fingerprint density at radius 3 is 3.05 bits per heavy atom. The fourth-order valence-electron chi connectivity index (χ4n) is 2.74. The lowest BCUT2D eigenvalue weighted by atomic mass is 10.0. The summed E-state index contributed by atoms with van der Waals surface area (Å²) < 4.78 is 1.97. The van der Waals surface area contributed by atoms with E-state index in [1.165, 1.54) is 0 Å². The first kappa shape index (κ1) is 12.4.